The standard InChI is InChI=1S/C13H19N3O2/c1-9(2)11-4-5-12(15-14-11)16-7-6-10(8-16)13(17)18-3/h4-5,9-10H,6-8H2,1-3H3. The molecule has 0 saturated carbocycles. The van der Waals surface area contributed by atoms with Gasteiger partial charge in [0.15, 0.2) is 5.82 Å². The fourth-order valence-corrected chi connectivity index (χ4v) is 2.14. The van der Waals surface area contributed by atoms with Gasteiger partial charge in [-0.2, -0.15) is 5.10 Å². The molecule has 1 aliphatic heterocycles. The average molecular weight is 249 g/mol. The van der Waals surface area contributed by atoms with Crippen molar-refractivity contribution in [3.8, 4) is 0 Å². The molecule has 2 heterocycles. The molecule has 0 radical (unpaired) electrons. The summed E-state index contributed by atoms with van der Waals surface area (Å²) in [5.74, 6) is 1.05. The average Bonchev–Trinajstić information content (AvgIpc) is 2.87. The minimum absolute atomic E-state index is 0.0402. The summed E-state index contributed by atoms with van der Waals surface area (Å²) in [5.41, 5.74) is 0.988. The number of esters is 1. The lowest BCUT2D eigenvalue weighted by Gasteiger charge is -2.16. The number of hydrogen-bond acceptors (Lipinski definition) is 5. The van der Waals surface area contributed by atoms with Crippen LogP contribution in [0.2, 0.25) is 0 Å². The third-order valence-corrected chi connectivity index (χ3v) is 3.31. The Morgan fingerprint density at radius 3 is 2.78 bits per heavy atom. The zero-order valence-electron chi connectivity index (χ0n) is 11.1. The summed E-state index contributed by atoms with van der Waals surface area (Å²) < 4.78 is 4.77. The molecule has 0 spiro atoms. The summed E-state index contributed by atoms with van der Waals surface area (Å²) in [6.45, 7) is 5.68. The summed E-state index contributed by atoms with van der Waals surface area (Å²) >= 11 is 0. The monoisotopic (exact) mass is 249 g/mol. The second-order valence-corrected chi connectivity index (χ2v) is 4.93. The molecule has 2 rings (SSSR count). The van der Waals surface area contributed by atoms with Crippen molar-refractivity contribution in [2.45, 2.75) is 26.2 Å². The van der Waals surface area contributed by atoms with Crippen LogP contribution in [0, 0.1) is 5.92 Å². The van der Waals surface area contributed by atoms with Crippen LogP contribution in [-0.4, -0.2) is 36.4 Å². The van der Waals surface area contributed by atoms with Gasteiger partial charge in [-0.3, -0.25) is 4.79 Å². The lowest BCUT2D eigenvalue weighted by Crippen LogP contribution is -2.24. The van der Waals surface area contributed by atoms with Crippen molar-refractivity contribution in [2.24, 2.45) is 5.92 Å². The Morgan fingerprint density at radius 2 is 2.22 bits per heavy atom. The number of carbonyl (C=O) groups excluding carboxylic acids is 1. The minimum atomic E-state index is -0.135. The van der Waals surface area contributed by atoms with Crippen LogP contribution in [0.25, 0.3) is 0 Å². The summed E-state index contributed by atoms with van der Waals surface area (Å²) in [6, 6.07) is 3.97. The van der Waals surface area contributed by atoms with Gasteiger partial charge in [0.05, 0.1) is 18.7 Å². The van der Waals surface area contributed by atoms with E-state index in [0.717, 1.165) is 24.5 Å². The molecule has 1 unspecified atom stereocenters. The quantitative estimate of drug-likeness (QED) is 0.762. The molecule has 1 fully saturated rings. The third-order valence-electron chi connectivity index (χ3n) is 3.31. The Bertz CT molecular complexity index is 417. The van der Waals surface area contributed by atoms with Gasteiger partial charge in [0.2, 0.25) is 0 Å². The molecule has 0 aromatic carbocycles. The Hall–Kier alpha value is -1.65. The van der Waals surface area contributed by atoms with Crippen LogP contribution in [-0.2, 0) is 9.53 Å². The second-order valence-electron chi connectivity index (χ2n) is 4.93. The first-order chi connectivity index (χ1) is 8.61. The predicted octanol–water partition coefficient (Wildman–Crippen LogP) is 1.60. The van der Waals surface area contributed by atoms with Crippen LogP contribution < -0.4 is 4.90 Å². The maximum absolute atomic E-state index is 11.4. The van der Waals surface area contributed by atoms with Gasteiger partial charge in [0, 0.05) is 13.1 Å². The van der Waals surface area contributed by atoms with Crippen molar-refractivity contribution in [1.82, 2.24) is 10.2 Å². The van der Waals surface area contributed by atoms with E-state index in [1.54, 1.807) is 0 Å². The van der Waals surface area contributed by atoms with E-state index in [1.807, 2.05) is 12.1 Å². The highest BCUT2D eigenvalue weighted by Crippen LogP contribution is 2.23. The Morgan fingerprint density at radius 1 is 1.44 bits per heavy atom. The first-order valence-electron chi connectivity index (χ1n) is 6.28. The fraction of sp³-hybridized carbons (Fsp3) is 0.615. The van der Waals surface area contributed by atoms with Gasteiger partial charge in [0.1, 0.15) is 0 Å². The number of ether oxygens (including phenoxy) is 1. The molecule has 1 saturated heterocycles. The molecule has 0 N–H and O–H groups in total. The summed E-state index contributed by atoms with van der Waals surface area (Å²) in [4.78, 5) is 13.5. The van der Waals surface area contributed by atoms with Gasteiger partial charge >= 0.3 is 5.97 Å². The molecule has 1 atom stereocenters. The van der Waals surface area contributed by atoms with E-state index in [0.29, 0.717) is 12.5 Å². The molecule has 0 aliphatic carbocycles. The Labute approximate surface area is 107 Å². The van der Waals surface area contributed by atoms with E-state index >= 15 is 0 Å². The van der Waals surface area contributed by atoms with Crippen molar-refractivity contribution in [3.63, 3.8) is 0 Å². The molecule has 5 nitrogen and oxygen atoms in total. The van der Waals surface area contributed by atoms with Gasteiger partial charge in [-0.15, -0.1) is 5.10 Å². The second kappa shape index (κ2) is 5.33. The third kappa shape index (κ3) is 2.60. The first kappa shape index (κ1) is 12.8. The molecule has 0 bridgehead atoms. The van der Waals surface area contributed by atoms with E-state index < -0.39 is 0 Å². The van der Waals surface area contributed by atoms with Crippen LogP contribution in [0.1, 0.15) is 31.9 Å². The molecule has 5 heteroatoms. The highest BCUT2D eigenvalue weighted by Gasteiger charge is 2.29. The molecule has 1 aromatic heterocycles. The highest BCUT2D eigenvalue weighted by molar-refractivity contribution is 5.74. The zero-order valence-corrected chi connectivity index (χ0v) is 11.1. The van der Waals surface area contributed by atoms with Crippen molar-refractivity contribution in [1.29, 1.82) is 0 Å². The SMILES string of the molecule is COC(=O)C1CCN(c2ccc(C(C)C)nn2)C1. The number of aromatic nitrogens is 2. The fourth-order valence-electron chi connectivity index (χ4n) is 2.14. The number of nitrogens with zero attached hydrogens (tertiary/aromatic N) is 3. The zero-order chi connectivity index (χ0) is 13.1. The highest BCUT2D eigenvalue weighted by atomic mass is 16.5. The molecule has 98 valence electrons. The number of methoxy groups -OCH3 is 1. The Kier molecular flexibility index (Phi) is 3.79. The molecule has 1 aromatic rings. The molecular formula is C13H19N3O2. The van der Waals surface area contributed by atoms with E-state index in [1.165, 1.54) is 7.11 Å². The predicted molar refractivity (Wildman–Crippen MR) is 68.5 cm³/mol. The van der Waals surface area contributed by atoms with Gasteiger partial charge in [0.25, 0.3) is 0 Å². The summed E-state index contributed by atoms with van der Waals surface area (Å²) in [7, 11) is 1.43. The minimum Gasteiger partial charge on any atom is -0.469 e. The van der Waals surface area contributed by atoms with Crippen LogP contribution in [0.3, 0.4) is 0 Å². The van der Waals surface area contributed by atoms with Crippen LogP contribution in [0.15, 0.2) is 12.1 Å². The summed E-state index contributed by atoms with van der Waals surface area (Å²) in [5, 5.41) is 8.43. The van der Waals surface area contributed by atoms with Crippen molar-refractivity contribution >= 4 is 11.8 Å². The normalized spacial score (nSPS) is 19.3. The van der Waals surface area contributed by atoms with Gasteiger partial charge in [-0.05, 0) is 24.5 Å². The van der Waals surface area contributed by atoms with Gasteiger partial charge in [-0.25, -0.2) is 0 Å². The lowest BCUT2D eigenvalue weighted by atomic mass is 10.1. The van der Waals surface area contributed by atoms with E-state index in [-0.39, 0.29) is 11.9 Å². The number of hydrogen-bond donors (Lipinski definition) is 0. The van der Waals surface area contributed by atoms with Gasteiger partial charge < -0.3 is 9.64 Å². The van der Waals surface area contributed by atoms with Crippen LogP contribution in [0.4, 0.5) is 5.82 Å². The molecular weight excluding hydrogens is 230 g/mol. The number of anilines is 1. The van der Waals surface area contributed by atoms with E-state index in [9.17, 15) is 4.79 Å². The van der Waals surface area contributed by atoms with Crippen molar-refractivity contribution in [2.75, 3.05) is 25.1 Å². The van der Waals surface area contributed by atoms with E-state index in [4.69, 9.17) is 4.74 Å². The summed E-state index contributed by atoms with van der Waals surface area (Å²) in [6.07, 6.45) is 0.820. The van der Waals surface area contributed by atoms with Crippen LogP contribution >= 0.6 is 0 Å². The maximum atomic E-state index is 11.4. The Balaban J connectivity index is 2.03. The lowest BCUT2D eigenvalue weighted by molar-refractivity contribution is -0.144. The van der Waals surface area contributed by atoms with Gasteiger partial charge in [-0.1, -0.05) is 13.8 Å². The molecule has 18 heavy (non-hydrogen) atoms. The smallest absolute Gasteiger partial charge is 0.310 e. The topological polar surface area (TPSA) is 55.3 Å². The number of rotatable bonds is 3. The maximum Gasteiger partial charge on any atom is 0.310 e. The van der Waals surface area contributed by atoms with E-state index in [2.05, 4.69) is 28.9 Å². The van der Waals surface area contributed by atoms with Crippen LogP contribution in [0.5, 0.6) is 0 Å². The number of carbonyl (C=O) groups is 1. The largest absolute Gasteiger partial charge is 0.469 e. The first-order valence-corrected chi connectivity index (χ1v) is 6.28. The van der Waals surface area contributed by atoms with Crippen molar-refractivity contribution in [3.05, 3.63) is 17.8 Å². The molecule has 0 amide bonds. The van der Waals surface area contributed by atoms with Crippen molar-refractivity contribution < 1.29 is 9.53 Å². The molecule has 1 aliphatic rings.